The molecule has 2 N–H and O–H groups in total. The normalized spacial score (nSPS) is 16.8. The van der Waals surface area contributed by atoms with Crippen molar-refractivity contribution in [3.63, 3.8) is 0 Å². The third kappa shape index (κ3) is 4.30. The minimum absolute atomic E-state index is 0. The van der Waals surface area contributed by atoms with Crippen molar-refractivity contribution in [2.45, 2.75) is 13.3 Å². The van der Waals surface area contributed by atoms with E-state index in [-0.39, 0.29) is 24.2 Å². The van der Waals surface area contributed by atoms with Crippen LogP contribution in [0.5, 0.6) is 0 Å². The summed E-state index contributed by atoms with van der Waals surface area (Å²) < 4.78 is 0. The van der Waals surface area contributed by atoms with Gasteiger partial charge >= 0.3 is 0 Å². The van der Waals surface area contributed by atoms with Gasteiger partial charge in [0.1, 0.15) is 0 Å². The second-order valence-corrected chi connectivity index (χ2v) is 5.52. The zero-order chi connectivity index (χ0) is 11.4. The van der Waals surface area contributed by atoms with Gasteiger partial charge in [0.25, 0.3) is 0 Å². The Hall–Kier alpha value is -0.580. The second kappa shape index (κ2) is 6.99. The summed E-state index contributed by atoms with van der Waals surface area (Å²) in [7, 11) is 0. The van der Waals surface area contributed by atoms with Crippen LogP contribution in [0.15, 0.2) is 17.5 Å². The summed E-state index contributed by atoms with van der Waals surface area (Å²) in [5, 5.41) is 8.23. The van der Waals surface area contributed by atoms with Crippen LogP contribution in [0.3, 0.4) is 0 Å². The third-order valence-electron chi connectivity index (χ3n) is 2.91. The minimum Gasteiger partial charge on any atom is -0.355 e. The molecule has 1 unspecified atom stereocenters. The molecule has 3 nitrogen and oxygen atoms in total. The fourth-order valence-electron chi connectivity index (χ4n) is 1.74. The number of thiophene rings is 1. The molecule has 0 saturated carbocycles. The van der Waals surface area contributed by atoms with E-state index >= 15 is 0 Å². The molecule has 0 radical (unpaired) electrons. The summed E-state index contributed by atoms with van der Waals surface area (Å²) in [4.78, 5) is 13.0. The van der Waals surface area contributed by atoms with E-state index in [0.29, 0.717) is 5.92 Å². The summed E-state index contributed by atoms with van der Waals surface area (Å²) in [5.41, 5.74) is 0. The largest absolute Gasteiger partial charge is 0.355 e. The van der Waals surface area contributed by atoms with E-state index in [9.17, 15) is 4.79 Å². The molecule has 5 heteroatoms. The van der Waals surface area contributed by atoms with Crippen LogP contribution in [-0.2, 0) is 11.2 Å². The van der Waals surface area contributed by atoms with Crippen molar-refractivity contribution in [3.05, 3.63) is 22.4 Å². The van der Waals surface area contributed by atoms with E-state index in [2.05, 4.69) is 35.1 Å². The molecule has 1 fully saturated rings. The molecule has 96 valence electrons. The predicted molar refractivity (Wildman–Crippen MR) is 73.8 cm³/mol. The maximum absolute atomic E-state index is 11.6. The topological polar surface area (TPSA) is 41.1 Å². The van der Waals surface area contributed by atoms with E-state index in [1.54, 1.807) is 11.3 Å². The molecular weight excluding hydrogens is 256 g/mol. The van der Waals surface area contributed by atoms with E-state index in [1.165, 1.54) is 4.88 Å². The van der Waals surface area contributed by atoms with Gasteiger partial charge in [-0.2, -0.15) is 0 Å². The van der Waals surface area contributed by atoms with Crippen molar-refractivity contribution in [3.8, 4) is 0 Å². The van der Waals surface area contributed by atoms with Crippen LogP contribution in [0.4, 0.5) is 0 Å². The Bertz CT molecular complexity index is 338. The van der Waals surface area contributed by atoms with Gasteiger partial charge in [-0.05, 0) is 23.8 Å². The summed E-state index contributed by atoms with van der Waals surface area (Å²) >= 11 is 1.78. The number of rotatable bonds is 5. The third-order valence-corrected chi connectivity index (χ3v) is 3.81. The van der Waals surface area contributed by atoms with E-state index in [0.717, 1.165) is 26.1 Å². The molecule has 1 amide bonds. The maximum Gasteiger partial charge on any atom is 0.225 e. The quantitative estimate of drug-likeness (QED) is 0.858. The lowest BCUT2D eigenvalue weighted by atomic mass is 10.0. The molecular formula is C12H19ClN2OS. The Kier molecular flexibility index (Phi) is 5.95. The lowest BCUT2D eigenvalue weighted by molar-refractivity contribution is -0.126. The molecule has 0 bridgehead atoms. The first kappa shape index (κ1) is 14.5. The van der Waals surface area contributed by atoms with Crippen molar-refractivity contribution in [1.29, 1.82) is 0 Å². The highest BCUT2D eigenvalue weighted by Gasteiger charge is 2.24. The molecule has 1 aromatic heterocycles. The average molecular weight is 275 g/mol. The number of carbonyl (C=O) groups excluding carboxylic acids is 1. The molecule has 1 aliphatic rings. The predicted octanol–water partition coefficient (Wildman–Crippen LogP) is 1.68. The van der Waals surface area contributed by atoms with Crippen LogP contribution >= 0.6 is 23.7 Å². The van der Waals surface area contributed by atoms with Gasteiger partial charge in [0.2, 0.25) is 5.91 Å². The molecule has 1 saturated heterocycles. The van der Waals surface area contributed by atoms with Crippen LogP contribution in [-0.4, -0.2) is 25.5 Å². The number of carbonyl (C=O) groups is 1. The van der Waals surface area contributed by atoms with Gasteiger partial charge in [0, 0.05) is 24.5 Å². The van der Waals surface area contributed by atoms with Crippen molar-refractivity contribution in [1.82, 2.24) is 10.6 Å². The number of hydrogen-bond donors (Lipinski definition) is 2. The molecule has 0 spiro atoms. The van der Waals surface area contributed by atoms with E-state index < -0.39 is 0 Å². The first-order chi connectivity index (χ1) is 7.75. The Balaban J connectivity index is 0.00000144. The number of halogens is 1. The van der Waals surface area contributed by atoms with Gasteiger partial charge in [0.05, 0.1) is 5.92 Å². The smallest absolute Gasteiger partial charge is 0.225 e. The first-order valence-electron chi connectivity index (χ1n) is 5.76. The molecule has 2 rings (SSSR count). The monoisotopic (exact) mass is 274 g/mol. The molecule has 2 heterocycles. The highest BCUT2D eigenvalue weighted by molar-refractivity contribution is 7.09. The van der Waals surface area contributed by atoms with Crippen molar-refractivity contribution >= 4 is 29.7 Å². The first-order valence-corrected chi connectivity index (χ1v) is 6.64. The molecule has 0 aliphatic carbocycles. The molecule has 1 aliphatic heterocycles. The Morgan fingerprint density at radius 3 is 2.94 bits per heavy atom. The zero-order valence-electron chi connectivity index (χ0n) is 9.94. The van der Waals surface area contributed by atoms with Gasteiger partial charge < -0.3 is 10.6 Å². The van der Waals surface area contributed by atoms with Gasteiger partial charge in [-0.1, -0.05) is 13.0 Å². The van der Waals surface area contributed by atoms with Crippen molar-refractivity contribution in [2.24, 2.45) is 11.8 Å². The minimum atomic E-state index is 0. The fourth-order valence-corrected chi connectivity index (χ4v) is 2.61. The molecule has 17 heavy (non-hydrogen) atoms. The second-order valence-electron chi connectivity index (χ2n) is 4.49. The van der Waals surface area contributed by atoms with E-state index in [4.69, 9.17) is 0 Å². The van der Waals surface area contributed by atoms with Crippen molar-refractivity contribution in [2.75, 3.05) is 19.6 Å². The maximum atomic E-state index is 11.6. The molecule has 0 aromatic carbocycles. The fraction of sp³-hybridized carbons (Fsp3) is 0.583. The zero-order valence-corrected chi connectivity index (χ0v) is 11.6. The number of hydrogen-bond acceptors (Lipinski definition) is 3. The van der Waals surface area contributed by atoms with Gasteiger partial charge in [-0.25, -0.2) is 0 Å². The van der Waals surface area contributed by atoms with Crippen LogP contribution < -0.4 is 10.6 Å². The number of nitrogens with one attached hydrogen (secondary N) is 2. The summed E-state index contributed by atoms with van der Waals surface area (Å²) in [6.07, 6.45) is 1.06. The summed E-state index contributed by atoms with van der Waals surface area (Å²) in [6, 6.07) is 4.23. The molecule has 1 atom stereocenters. The summed E-state index contributed by atoms with van der Waals surface area (Å²) in [5.74, 6) is 0.918. The van der Waals surface area contributed by atoms with Gasteiger partial charge in [0.15, 0.2) is 0 Å². The van der Waals surface area contributed by atoms with Crippen LogP contribution in [0.25, 0.3) is 0 Å². The van der Waals surface area contributed by atoms with E-state index in [1.807, 2.05) is 0 Å². The highest BCUT2D eigenvalue weighted by atomic mass is 35.5. The van der Waals surface area contributed by atoms with Gasteiger partial charge in [-0.3, -0.25) is 4.79 Å². The Morgan fingerprint density at radius 1 is 1.65 bits per heavy atom. The SMILES string of the molecule is CC(CNC(=O)C1CNC1)Cc1cccs1.Cl. The van der Waals surface area contributed by atoms with Crippen molar-refractivity contribution < 1.29 is 4.79 Å². The lowest BCUT2D eigenvalue weighted by Gasteiger charge is -2.26. The van der Waals surface area contributed by atoms with Gasteiger partial charge in [-0.15, -0.1) is 23.7 Å². The van der Waals surface area contributed by atoms with Crippen LogP contribution in [0.1, 0.15) is 11.8 Å². The van der Waals surface area contributed by atoms with Crippen LogP contribution in [0.2, 0.25) is 0 Å². The highest BCUT2D eigenvalue weighted by Crippen LogP contribution is 2.14. The number of amides is 1. The van der Waals surface area contributed by atoms with Crippen LogP contribution in [0, 0.1) is 11.8 Å². The average Bonchev–Trinajstić information content (AvgIpc) is 2.64. The summed E-state index contributed by atoms with van der Waals surface area (Å²) in [6.45, 7) is 4.64. The molecule has 1 aromatic rings. The lowest BCUT2D eigenvalue weighted by Crippen LogP contribution is -2.51. The Morgan fingerprint density at radius 2 is 2.41 bits per heavy atom. The Labute approximate surface area is 112 Å². The standard InChI is InChI=1S/C12H18N2OS.ClH/c1-9(5-11-3-2-4-16-11)6-14-12(15)10-7-13-8-10;/h2-4,9-10,13H,5-8H2,1H3,(H,14,15);1H.